The van der Waals surface area contributed by atoms with Gasteiger partial charge in [0, 0.05) is 12.6 Å². The van der Waals surface area contributed by atoms with Crippen molar-refractivity contribution in [2.75, 3.05) is 11.4 Å². The normalized spacial score (nSPS) is 12.2. The maximum atomic E-state index is 13.1. The molecule has 0 aliphatic rings. The Balaban J connectivity index is 1.81. The molecule has 1 atom stereocenters. The highest BCUT2D eigenvalue weighted by atomic mass is 32.2. The summed E-state index contributed by atoms with van der Waals surface area (Å²) in [6.45, 7) is 1.77. The van der Waals surface area contributed by atoms with E-state index in [0.717, 1.165) is 5.56 Å². The fourth-order valence-corrected chi connectivity index (χ4v) is 4.09. The summed E-state index contributed by atoms with van der Waals surface area (Å²) in [6, 6.07) is 20.0. The van der Waals surface area contributed by atoms with Crippen molar-refractivity contribution >= 4 is 21.6 Å². The van der Waals surface area contributed by atoms with E-state index < -0.39 is 15.9 Å². The van der Waals surface area contributed by atoms with Gasteiger partial charge in [-0.2, -0.15) is 0 Å². The number of carbonyl (C=O) groups is 1. The van der Waals surface area contributed by atoms with Crippen molar-refractivity contribution in [3.63, 3.8) is 0 Å². The van der Waals surface area contributed by atoms with E-state index in [9.17, 15) is 17.6 Å². The SMILES string of the molecule is CC(NC(=O)c1cccc(S(=O)(=O)N(C)c2ccccc2)c1)c1ccc(F)cc1. The maximum absolute atomic E-state index is 13.1. The van der Waals surface area contributed by atoms with Crippen LogP contribution in [0.5, 0.6) is 0 Å². The van der Waals surface area contributed by atoms with Gasteiger partial charge >= 0.3 is 0 Å². The van der Waals surface area contributed by atoms with Crippen molar-refractivity contribution < 1.29 is 17.6 Å². The standard InChI is InChI=1S/C22H21FN2O3S/c1-16(17-11-13-19(23)14-12-17)24-22(26)18-7-6-10-21(15-18)29(27,28)25(2)20-8-4-3-5-9-20/h3-16H,1-2H3,(H,24,26). The predicted molar refractivity (Wildman–Crippen MR) is 111 cm³/mol. The number of para-hydroxylation sites is 1. The van der Waals surface area contributed by atoms with Crippen molar-refractivity contribution in [1.82, 2.24) is 5.32 Å². The molecule has 3 rings (SSSR count). The van der Waals surface area contributed by atoms with Crippen LogP contribution in [0.1, 0.15) is 28.9 Å². The van der Waals surface area contributed by atoms with Crippen molar-refractivity contribution in [1.29, 1.82) is 0 Å². The van der Waals surface area contributed by atoms with Gasteiger partial charge in [-0.1, -0.05) is 36.4 Å². The van der Waals surface area contributed by atoms with Gasteiger partial charge in [0.1, 0.15) is 5.82 Å². The summed E-state index contributed by atoms with van der Waals surface area (Å²) >= 11 is 0. The molecule has 3 aromatic rings. The first-order valence-corrected chi connectivity index (χ1v) is 10.4. The fraction of sp³-hybridized carbons (Fsp3) is 0.136. The van der Waals surface area contributed by atoms with Gasteiger partial charge in [-0.05, 0) is 55.0 Å². The average molecular weight is 412 g/mol. The molecule has 150 valence electrons. The van der Waals surface area contributed by atoms with E-state index in [4.69, 9.17) is 0 Å². The van der Waals surface area contributed by atoms with Crippen LogP contribution in [0.4, 0.5) is 10.1 Å². The Labute approximate surface area is 169 Å². The molecule has 0 aliphatic heterocycles. The molecule has 0 fully saturated rings. The zero-order chi connectivity index (χ0) is 21.0. The molecule has 3 aromatic carbocycles. The molecule has 0 bridgehead atoms. The molecule has 0 aliphatic carbocycles. The zero-order valence-electron chi connectivity index (χ0n) is 16.0. The van der Waals surface area contributed by atoms with Gasteiger partial charge in [0.2, 0.25) is 0 Å². The number of sulfonamides is 1. The number of carbonyl (C=O) groups excluding carboxylic acids is 1. The van der Waals surface area contributed by atoms with Gasteiger partial charge < -0.3 is 5.32 Å². The minimum absolute atomic E-state index is 0.0194. The number of hydrogen-bond donors (Lipinski definition) is 1. The second kappa shape index (κ2) is 8.45. The van der Waals surface area contributed by atoms with Crippen molar-refractivity contribution in [2.45, 2.75) is 17.9 Å². The molecule has 0 saturated carbocycles. The summed E-state index contributed by atoms with van der Waals surface area (Å²) in [5.74, 6) is -0.769. The Hall–Kier alpha value is -3.19. The Bertz CT molecular complexity index is 1100. The van der Waals surface area contributed by atoms with E-state index >= 15 is 0 Å². The molecule has 0 radical (unpaired) electrons. The third-order valence-electron chi connectivity index (χ3n) is 4.59. The molecule has 0 saturated heterocycles. The lowest BCUT2D eigenvalue weighted by Gasteiger charge is -2.20. The highest BCUT2D eigenvalue weighted by molar-refractivity contribution is 7.92. The maximum Gasteiger partial charge on any atom is 0.264 e. The summed E-state index contributed by atoms with van der Waals surface area (Å²) < 4.78 is 40.1. The minimum Gasteiger partial charge on any atom is -0.346 e. The van der Waals surface area contributed by atoms with Gasteiger partial charge in [-0.25, -0.2) is 12.8 Å². The van der Waals surface area contributed by atoms with E-state index in [2.05, 4.69) is 5.32 Å². The average Bonchev–Trinajstić information content (AvgIpc) is 2.74. The van der Waals surface area contributed by atoms with Gasteiger partial charge in [0.25, 0.3) is 15.9 Å². The van der Waals surface area contributed by atoms with Crippen LogP contribution in [0.2, 0.25) is 0 Å². The first kappa shape index (κ1) is 20.5. The predicted octanol–water partition coefficient (Wildman–Crippen LogP) is 4.14. The lowest BCUT2D eigenvalue weighted by atomic mass is 10.1. The van der Waals surface area contributed by atoms with Gasteiger partial charge in [-0.3, -0.25) is 9.10 Å². The fourth-order valence-electron chi connectivity index (χ4n) is 2.85. The number of nitrogens with one attached hydrogen (secondary N) is 1. The molecule has 0 spiro atoms. The van der Waals surface area contributed by atoms with Crippen LogP contribution in [0.25, 0.3) is 0 Å². The van der Waals surface area contributed by atoms with E-state index in [0.29, 0.717) is 5.69 Å². The Morgan fingerprint density at radius 1 is 0.966 bits per heavy atom. The molecule has 1 unspecified atom stereocenters. The number of anilines is 1. The van der Waals surface area contributed by atoms with Crippen LogP contribution in [-0.2, 0) is 10.0 Å². The van der Waals surface area contributed by atoms with E-state index in [1.165, 1.54) is 41.7 Å². The summed E-state index contributed by atoms with van der Waals surface area (Å²) in [4.78, 5) is 12.6. The number of nitrogens with zero attached hydrogens (tertiary/aromatic N) is 1. The lowest BCUT2D eigenvalue weighted by Crippen LogP contribution is -2.28. The van der Waals surface area contributed by atoms with Crippen LogP contribution >= 0.6 is 0 Å². The molecule has 29 heavy (non-hydrogen) atoms. The zero-order valence-corrected chi connectivity index (χ0v) is 16.9. The van der Waals surface area contributed by atoms with Crippen LogP contribution < -0.4 is 9.62 Å². The molecule has 0 heterocycles. The van der Waals surface area contributed by atoms with Crippen molar-refractivity contribution in [3.8, 4) is 0 Å². The lowest BCUT2D eigenvalue weighted by molar-refractivity contribution is 0.0939. The summed E-state index contributed by atoms with van der Waals surface area (Å²) in [7, 11) is -2.36. The van der Waals surface area contributed by atoms with E-state index in [1.54, 1.807) is 55.5 Å². The Morgan fingerprint density at radius 2 is 1.62 bits per heavy atom. The topological polar surface area (TPSA) is 66.5 Å². The molecule has 5 nitrogen and oxygen atoms in total. The molecule has 1 amide bonds. The van der Waals surface area contributed by atoms with E-state index in [-0.39, 0.29) is 22.3 Å². The first-order valence-electron chi connectivity index (χ1n) is 8.99. The van der Waals surface area contributed by atoms with Crippen molar-refractivity contribution in [2.24, 2.45) is 0 Å². The quantitative estimate of drug-likeness (QED) is 0.662. The van der Waals surface area contributed by atoms with Gasteiger partial charge in [0.15, 0.2) is 0 Å². The second-order valence-electron chi connectivity index (χ2n) is 6.58. The Kier molecular flexibility index (Phi) is 5.98. The van der Waals surface area contributed by atoms with Crippen molar-refractivity contribution in [3.05, 3.63) is 95.8 Å². The van der Waals surface area contributed by atoms with E-state index in [1.807, 2.05) is 0 Å². The number of amides is 1. The smallest absolute Gasteiger partial charge is 0.264 e. The number of benzene rings is 3. The highest BCUT2D eigenvalue weighted by Crippen LogP contribution is 2.22. The molecule has 1 N–H and O–H groups in total. The third kappa shape index (κ3) is 4.63. The molecular formula is C22H21FN2O3S. The highest BCUT2D eigenvalue weighted by Gasteiger charge is 2.22. The second-order valence-corrected chi connectivity index (χ2v) is 8.55. The van der Waals surface area contributed by atoms with Crippen LogP contribution in [0.3, 0.4) is 0 Å². The summed E-state index contributed by atoms with van der Waals surface area (Å²) in [5.41, 5.74) is 1.49. The van der Waals surface area contributed by atoms with Crippen LogP contribution in [-0.4, -0.2) is 21.4 Å². The summed E-state index contributed by atoms with van der Waals surface area (Å²) in [6.07, 6.45) is 0. The Morgan fingerprint density at radius 3 is 2.28 bits per heavy atom. The largest absolute Gasteiger partial charge is 0.346 e. The minimum atomic E-state index is -3.82. The van der Waals surface area contributed by atoms with Crippen LogP contribution in [0.15, 0.2) is 83.8 Å². The number of halogens is 1. The molecular weight excluding hydrogens is 391 g/mol. The number of hydrogen-bond acceptors (Lipinski definition) is 3. The monoisotopic (exact) mass is 412 g/mol. The van der Waals surface area contributed by atoms with Gasteiger partial charge in [0.05, 0.1) is 16.6 Å². The molecule has 0 aromatic heterocycles. The first-order chi connectivity index (χ1) is 13.8. The van der Waals surface area contributed by atoms with Gasteiger partial charge in [-0.15, -0.1) is 0 Å². The molecule has 7 heteroatoms. The van der Waals surface area contributed by atoms with Crippen LogP contribution in [0, 0.1) is 5.82 Å². The third-order valence-corrected chi connectivity index (χ3v) is 6.37. The summed E-state index contributed by atoms with van der Waals surface area (Å²) in [5, 5.41) is 2.80. The number of rotatable bonds is 6.